The van der Waals surface area contributed by atoms with Crippen molar-refractivity contribution in [3.8, 4) is 11.5 Å². The lowest BCUT2D eigenvalue weighted by molar-refractivity contribution is -0.116. The number of amides is 2. The van der Waals surface area contributed by atoms with E-state index in [2.05, 4.69) is 10.6 Å². The number of thioether (sulfide) groups is 1. The van der Waals surface area contributed by atoms with Gasteiger partial charge in [0.15, 0.2) is 11.5 Å². The van der Waals surface area contributed by atoms with Crippen LogP contribution in [0.5, 0.6) is 11.5 Å². The number of hydrogen-bond donors (Lipinski definition) is 2. The van der Waals surface area contributed by atoms with Gasteiger partial charge in [0.2, 0.25) is 18.6 Å². The number of anilines is 2. The summed E-state index contributed by atoms with van der Waals surface area (Å²) in [5, 5.41) is 5.45. The van der Waals surface area contributed by atoms with E-state index in [0.717, 1.165) is 16.0 Å². The fourth-order valence-corrected chi connectivity index (χ4v) is 4.85. The van der Waals surface area contributed by atoms with E-state index >= 15 is 0 Å². The summed E-state index contributed by atoms with van der Waals surface area (Å²) in [6.45, 7) is 0.179. The number of benzene rings is 4. The first-order valence-corrected chi connectivity index (χ1v) is 12.4. The van der Waals surface area contributed by atoms with Crippen molar-refractivity contribution >= 4 is 35.0 Å². The number of carbonyl (C=O) groups excluding carboxylic acids is 2. The van der Waals surface area contributed by atoms with Crippen molar-refractivity contribution in [1.29, 1.82) is 0 Å². The first kappa shape index (κ1) is 23.5. The third kappa shape index (κ3) is 5.87. The van der Waals surface area contributed by atoms with Gasteiger partial charge in [0, 0.05) is 22.3 Å². The Morgan fingerprint density at radius 1 is 0.750 bits per heavy atom. The van der Waals surface area contributed by atoms with Gasteiger partial charge in [-0.1, -0.05) is 60.7 Å². The van der Waals surface area contributed by atoms with Gasteiger partial charge in [0.05, 0.1) is 6.42 Å². The Morgan fingerprint density at radius 3 is 2.17 bits per heavy atom. The van der Waals surface area contributed by atoms with E-state index in [0.29, 0.717) is 29.3 Å². The Kier molecular flexibility index (Phi) is 7.19. The van der Waals surface area contributed by atoms with E-state index in [-0.39, 0.29) is 18.6 Å². The lowest BCUT2D eigenvalue weighted by Gasteiger charge is -2.17. The van der Waals surface area contributed by atoms with E-state index in [1.807, 2.05) is 84.9 Å². The lowest BCUT2D eigenvalue weighted by Crippen LogP contribution is -2.19. The maximum Gasteiger partial charge on any atom is 0.242 e. The highest BCUT2D eigenvalue weighted by atomic mass is 32.2. The van der Waals surface area contributed by atoms with Crippen molar-refractivity contribution in [2.75, 3.05) is 17.4 Å². The molecule has 4 aromatic rings. The fourth-order valence-electron chi connectivity index (χ4n) is 3.82. The highest BCUT2D eigenvalue weighted by Crippen LogP contribution is 2.38. The first-order chi connectivity index (χ1) is 17.6. The standard InChI is InChI=1S/C29H24N2O4S/c32-27(17-20-7-3-1-4-8-20)30-22-11-14-24(15-12-22)36-28(21-9-5-2-6-10-21)29(33)31-23-13-16-25-26(18-23)35-19-34-25/h1-16,18,28H,17,19H2,(H,30,32)(H,31,33). The van der Waals surface area contributed by atoms with E-state index in [1.165, 1.54) is 11.8 Å². The number of carbonyl (C=O) groups is 2. The van der Waals surface area contributed by atoms with Gasteiger partial charge in [-0.15, -0.1) is 11.8 Å². The minimum Gasteiger partial charge on any atom is -0.454 e. The molecule has 0 fully saturated rings. The van der Waals surface area contributed by atoms with Gasteiger partial charge in [-0.3, -0.25) is 9.59 Å². The number of fused-ring (bicyclic) bond motifs is 1. The topological polar surface area (TPSA) is 76.7 Å². The monoisotopic (exact) mass is 496 g/mol. The molecule has 0 bridgehead atoms. The van der Waals surface area contributed by atoms with Gasteiger partial charge in [-0.25, -0.2) is 0 Å². The van der Waals surface area contributed by atoms with Gasteiger partial charge in [-0.05, 0) is 47.5 Å². The van der Waals surface area contributed by atoms with Crippen molar-refractivity contribution in [3.63, 3.8) is 0 Å². The summed E-state index contributed by atoms with van der Waals surface area (Å²) >= 11 is 1.44. The van der Waals surface area contributed by atoms with E-state index in [9.17, 15) is 9.59 Å². The van der Waals surface area contributed by atoms with Crippen LogP contribution in [0.25, 0.3) is 0 Å². The lowest BCUT2D eigenvalue weighted by atomic mass is 10.1. The van der Waals surface area contributed by atoms with E-state index in [4.69, 9.17) is 9.47 Å². The van der Waals surface area contributed by atoms with Gasteiger partial charge in [-0.2, -0.15) is 0 Å². The van der Waals surface area contributed by atoms with Crippen LogP contribution >= 0.6 is 11.8 Å². The van der Waals surface area contributed by atoms with Crippen LogP contribution in [0.1, 0.15) is 16.4 Å². The van der Waals surface area contributed by atoms with Crippen molar-refractivity contribution in [3.05, 3.63) is 114 Å². The average Bonchev–Trinajstić information content (AvgIpc) is 3.37. The summed E-state index contributed by atoms with van der Waals surface area (Å²) in [5.74, 6) is 1.05. The Morgan fingerprint density at radius 2 is 1.42 bits per heavy atom. The number of ether oxygens (including phenoxy) is 2. The SMILES string of the molecule is O=C(Cc1ccccc1)Nc1ccc(SC(C(=O)Nc2ccc3c(c2)OCO3)c2ccccc2)cc1. The van der Waals surface area contributed by atoms with Crippen molar-refractivity contribution < 1.29 is 19.1 Å². The molecule has 7 heteroatoms. The molecular formula is C29H24N2O4S. The molecule has 36 heavy (non-hydrogen) atoms. The molecule has 0 aromatic heterocycles. The van der Waals surface area contributed by atoms with Crippen LogP contribution in [0.2, 0.25) is 0 Å². The average molecular weight is 497 g/mol. The van der Waals surface area contributed by atoms with Crippen LogP contribution in [0.4, 0.5) is 11.4 Å². The number of rotatable bonds is 8. The molecule has 0 spiro atoms. The molecule has 2 amide bonds. The molecule has 0 saturated heterocycles. The predicted octanol–water partition coefficient (Wildman–Crippen LogP) is 6.07. The molecule has 1 aliphatic heterocycles. The largest absolute Gasteiger partial charge is 0.454 e. The number of hydrogen-bond acceptors (Lipinski definition) is 5. The molecule has 1 unspecified atom stereocenters. The van der Waals surface area contributed by atoms with E-state index < -0.39 is 5.25 Å². The Hall–Kier alpha value is -4.23. The highest BCUT2D eigenvalue weighted by Gasteiger charge is 2.23. The molecule has 2 N–H and O–H groups in total. The number of nitrogens with one attached hydrogen (secondary N) is 2. The second-order valence-electron chi connectivity index (χ2n) is 8.20. The normalized spacial score (nSPS) is 12.6. The third-order valence-corrected chi connectivity index (χ3v) is 6.85. The first-order valence-electron chi connectivity index (χ1n) is 11.5. The van der Waals surface area contributed by atoms with Crippen LogP contribution < -0.4 is 20.1 Å². The molecule has 4 aromatic carbocycles. The second kappa shape index (κ2) is 11.0. The Bertz CT molecular complexity index is 1350. The molecule has 0 saturated carbocycles. The summed E-state index contributed by atoms with van der Waals surface area (Å²) in [5.41, 5.74) is 3.20. The molecule has 1 heterocycles. The minimum absolute atomic E-state index is 0.0770. The third-order valence-electron chi connectivity index (χ3n) is 5.58. The molecule has 1 atom stereocenters. The van der Waals surface area contributed by atoms with E-state index in [1.54, 1.807) is 18.2 Å². The molecule has 6 nitrogen and oxygen atoms in total. The summed E-state index contributed by atoms with van der Waals surface area (Å²) in [4.78, 5) is 26.6. The van der Waals surface area contributed by atoms with Crippen LogP contribution in [0, 0.1) is 0 Å². The molecule has 0 radical (unpaired) electrons. The highest BCUT2D eigenvalue weighted by molar-refractivity contribution is 8.00. The zero-order valence-electron chi connectivity index (χ0n) is 19.3. The molecular weight excluding hydrogens is 472 g/mol. The van der Waals surface area contributed by atoms with Crippen LogP contribution in [-0.2, 0) is 16.0 Å². The fraction of sp³-hybridized carbons (Fsp3) is 0.103. The maximum absolute atomic E-state index is 13.3. The van der Waals surface area contributed by atoms with Gasteiger partial charge >= 0.3 is 0 Å². The molecule has 180 valence electrons. The van der Waals surface area contributed by atoms with Crippen LogP contribution in [0.15, 0.2) is 108 Å². The Balaban J connectivity index is 1.27. The quantitative estimate of drug-likeness (QED) is 0.290. The summed E-state index contributed by atoms with van der Waals surface area (Å²) in [6, 6.07) is 32.1. The second-order valence-corrected chi connectivity index (χ2v) is 9.38. The summed E-state index contributed by atoms with van der Waals surface area (Å²) in [7, 11) is 0. The smallest absolute Gasteiger partial charge is 0.242 e. The molecule has 5 rings (SSSR count). The predicted molar refractivity (Wildman–Crippen MR) is 141 cm³/mol. The molecule has 0 aliphatic carbocycles. The summed E-state index contributed by atoms with van der Waals surface area (Å²) < 4.78 is 10.8. The van der Waals surface area contributed by atoms with Gasteiger partial charge < -0.3 is 20.1 Å². The Labute approximate surface area is 213 Å². The molecule has 1 aliphatic rings. The van der Waals surface area contributed by atoms with Gasteiger partial charge in [0.25, 0.3) is 0 Å². The van der Waals surface area contributed by atoms with Crippen molar-refractivity contribution in [2.45, 2.75) is 16.6 Å². The zero-order valence-corrected chi connectivity index (χ0v) is 20.2. The van der Waals surface area contributed by atoms with Crippen LogP contribution in [0.3, 0.4) is 0 Å². The van der Waals surface area contributed by atoms with Crippen molar-refractivity contribution in [2.24, 2.45) is 0 Å². The van der Waals surface area contributed by atoms with Gasteiger partial charge in [0.1, 0.15) is 5.25 Å². The van der Waals surface area contributed by atoms with Crippen molar-refractivity contribution in [1.82, 2.24) is 0 Å². The summed E-state index contributed by atoms with van der Waals surface area (Å²) in [6.07, 6.45) is 0.313. The minimum atomic E-state index is -0.477. The zero-order chi connectivity index (χ0) is 24.7. The van der Waals surface area contributed by atoms with Crippen LogP contribution in [-0.4, -0.2) is 18.6 Å². The maximum atomic E-state index is 13.3.